The Balaban J connectivity index is 1.08. The Bertz CT molecular complexity index is 2940. The molecule has 0 N–H and O–H groups in total. The first kappa shape index (κ1) is 29.9. The SMILES string of the molecule is Cc1cnc(-c2cccc(Oc3cccc(-n4c5ccc6c(c7ccccc7n6-c6ccccc6)c5c5cccnc54)c3)c2)cc1-c1ccccc1. The van der Waals surface area contributed by atoms with Gasteiger partial charge in [0, 0.05) is 51.3 Å². The zero-order valence-corrected chi connectivity index (χ0v) is 28.4. The van der Waals surface area contributed by atoms with Crippen LogP contribution in [0.3, 0.4) is 0 Å². The van der Waals surface area contributed by atoms with Crippen LogP contribution in [0.15, 0.2) is 176 Å². The number of aryl methyl sites for hydroxylation is 1. The molecule has 52 heavy (non-hydrogen) atoms. The lowest BCUT2D eigenvalue weighted by atomic mass is 9.99. The molecule has 246 valence electrons. The van der Waals surface area contributed by atoms with Gasteiger partial charge in [-0.15, -0.1) is 0 Å². The molecule has 0 fully saturated rings. The second-order valence-corrected chi connectivity index (χ2v) is 13.1. The van der Waals surface area contributed by atoms with Crippen LogP contribution in [0.4, 0.5) is 0 Å². The van der Waals surface area contributed by atoms with Gasteiger partial charge in [0.05, 0.1) is 27.9 Å². The summed E-state index contributed by atoms with van der Waals surface area (Å²) in [5.41, 5.74) is 11.8. The van der Waals surface area contributed by atoms with E-state index in [0.29, 0.717) is 0 Å². The van der Waals surface area contributed by atoms with Gasteiger partial charge in [0.1, 0.15) is 17.1 Å². The summed E-state index contributed by atoms with van der Waals surface area (Å²) in [7, 11) is 0. The van der Waals surface area contributed by atoms with E-state index in [1.54, 1.807) is 0 Å². The first-order valence-electron chi connectivity index (χ1n) is 17.5. The lowest BCUT2D eigenvalue weighted by Gasteiger charge is -2.12. The van der Waals surface area contributed by atoms with Crippen molar-refractivity contribution in [3.63, 3.8) is 0 Å². The highest BCUT2D eigenvalue weighted by atomic mass is 16.5. The van der Waals surface area contributed by atoms with E-state index in [4.69, 9.17) is 14.7 Å². The maximum atomic E-state index is 6.56. The number of benzene rings is 6. The first-order chi connectivity index (χ1) is 25.7. The predicted molar refractivity (Wildman–Crippen MR) is 213 cm³/mol. The molecule has 0 atom stereocenters. The number of para-hydroxylation sites is 2. The normalized spacial score (nSPS) is 11.6. The minimum atomic E-state index is 0.740. The molecule has 0 radical (unpaired) electrons. The molecule has 5 nitrogen and oxygen atoms in total. The van der Waals surface area contributed by atoms with Gasteiger partial charge in [-0.3, -0.25) is 9.55 Å². The molecule has 4 aromatic heterocycles. The summed E-state index contributed by atoms with van der Waals surface area (Å²) in [4.78, 5) is 9.73. The van der Waals surface area contributed by atoms with Gasteiger partial charge in [0.25, 0.3) is 0 Å². The van der Waals surface area contributed by atoms with E-state index >= 15 is 0 Å². The van der Waals surface area contributed by atoms with Crippen molar-refractivity contribution in [2.75, 3.05) is 0 Å². The summed E-state index contributed by atoms with van der Waals surface area (Å²) in [6.45, 7) is 2.10. The smallest absolute Gasteiger partial charge is 0.145 e. The minimum absolute atomic E-state index is 0.740. The monoisotopic (exact) mass is 668 g/mol. The van der Waals surface area contributed by atoms with Crippen molar-refractivity contribution in [3.8, 4) is 45.3 Å². The highest BCUT2D eigenvalue weighted by Crippen LogP contribution is 2.42. The quantitative estimate of drug-likeness (QED) is 0.177. The Kier molecular flexibility index (Phi) is 6.96. The van der Waals surface area contributed by atoms with Crippen LogP contribution in [0.25, 0.3) is 77.5 Å². The Labute approximate surface area is 300 Å². The molecule has 0 bridgehead atoms. The van der Waals surface area contributed by atoms with Crippen molar-refractivity contribution < 1.29 is 4.74 Å². The van der Waals surface area contributed by atoms with Gasteiger partial charge in [-0.1, -0.05) is 84.9 Å². The topological polar surface area (TPSA) is 44.9 Å². The number of fused-ring (bicyclic) bond motifs is 7. The van der Waals surface area contributed by atoms with Crippen LogP contribution in [-0.2, 0) is 0 Å². The second-order valence-electron chi connectivity index (χ2n) is 13.1. The minimum Gasteiger partial charge on any atom is -0.457 e. The molecule has 0 aliphatic carbocycles. The van der Waals surface area contributed by atoms with Gasteiger partial charge in [0.15, 0.2) is 0 Å². The third-order valence-corrected chi connectivity index (χ3v) is 9.97. The number of hydrogen-bond acceptors (Lipinski definition) is 3. The van der Waals surface area contributed by atoms with Crippen LogP contribution >= 0.6 is 0 Å². The maximum Gasteiger partial charge on any atom is 0.145 e. The van der Waals surface area contributed by atoms with Crippen LogP contribution < -0.4 is 4.74 Å². The standard InChI is InChI=1S/C47H32N4O/c1-31-30-49-41(29-40(31)32-13-4-2-5-14-32)33-15-10-19-36(27-33)52-37-20-11-18-35(28-37)51-44-25-24-43-45(46(44)39-22-12-26-48-47(39)51)38-21-8-9-23-42(38)50(43)34-16-6-3-7-17-34/h2-30H,1H3. The molecular formula is C47H32N4O. The molecule has 4 heterocycles. The molecule has 10 aromatic rings. The molecule has 0 amide bonds. The molecule has 5 heteroatoms. The molecule has 0 unspecified atom stereocenters. The zero-order valence-electron chi connectivity index (χ0n) is 28.4. The van der Waals surface area contributed by atoms with Crippen molar-refractivity contribution >= 4 is 43.7 Å². The third-order valence-electron chi connectivity index (χ3n) is 9.97. The molecule has 0 spiro atoms. The number of pyridine rings is 2. The number of aromatic nitrogens is 4. The van der Waals surface area contributed by atoms with E-state index in [1.807, 2.05) is 48.8 Å². The second kappa shape index (κ2) is 12.1. The van der Waals surface area contributed by atoms with E-state index in [0.717, 1.165) is 56.2 Å². The summed E-state index contributed by atoms with van der Waals surface area (Å²) in [5.74, 6) is 1.48. The molecule has 0 aliphatic rings. The van der Waals surface area contributed by atoms with Crippen molar-refractivity contribution in [2.45, 2.75) is 6.92 Å². The Morgan fingerprint density at radius 2 is 1.13 bits per heavy atom. The molecular weight excluding hydrogens is 637 g/mol. The van der Waals surface area contributed by atoms with Gasteiger partial charge in [-0.2, -0.15) is 0 Å². The van der Waals surface area contributed by atoms with E-state index < -0.39 is 0 Å². The lowest BCUT2D eigenvalue weighted by molar-refractivity contribution is 0.482. The van der Waals surface area contributed by atoms with E-state index in [9.17, 15) is 0 Å². The Hall–Kier alpha value is -6.98. The lowest BCUT2D eigenvalue weighted by Crippen LogP contribution is -1.96. The highest BCUT2D eigenvalue weighted by molar-refractivity contribution is 6.28. The fraction of sp³-hybridized carbons (Fsp3) is 0.0213. The summed E-state index contributed by atoms with van der Waals surface area (Å²) < 4.78 is 11.2. The zero-order chi connectivity index (χ0) is 34.6. The summed E-state index contributed by atoms with van der Waals surface area (Å²) in [6, 6.07) is 57.0. The van der Waals surface area contributed by atoms with Gasteiger partial charge < -0.3 is 9.30 Å². The molecule has 0 aliphatic heterocycles. The Morgan fingerprint density at radius 3 is 1.98 bits per heavy atom. The van der Waals surface area contributed by atoms with Gasteiger partial charge in [-0.05, 0) is 96.4 Å². The van der Waals surface area contributed by atoms with Gasteiger partial charge >= 0.3 is 0 Å². The van der Waals surface area contributed by atoms with E-state index in [2.05, 4.69) is 143 Å². The van der Waals surface area contributed by atoms with E-state index in [-0.39, 0.29) is 0 Å². The van der Waals surface area contributed by atoms with Crippen LogP contribution in [0, 0.1) is 6.92 Å². The third kappa shape index (κ3) is 4.86. The Morgan fingerprint density at radius 1 is 0.481 bits per heavy atom. The van der Waals surface area contributed by atoms with Crippen molar-refractivity contribution in [1.29, 1.82) is 0 Å². The summed E-state index contributed by atoms with van der Waals surface area (Å²) >= 11 is 0. The number of ether oxygens (including phenoxy) is 1. The number of nitrogens with zero attached hydrogens (tertiary/aromatic N) is 4. The molecule has 0 saturated carbocycles. The van der Waals surface area contributed by atoms with Crippen molar-refractivity contribution in [1.82, 2.24) is 19.1 Å². The van der Waals surface area contributed by atoms with Crippen molar-refractivity contribution in [3.05, 3.63) is 182 Å². The maximum absolute atomic E-state index is 6.56. The van der Waals surface area contributed by atoms with Crippen LogP contribution in [0.2, 0.25) is 0 Å². The molecule has 10 rings (SSSR count). The highest BCUT2D eigenvalue weighted by Gasteiger charge is 2.21. The first-order valence-corrected chi connectivity index (χ1v) is 17.5. The average Bonchev–Trinajstić information content (AvgIpc) is 3.72. The number of rotatable bonds is 6. The van der Waals surface area contributed by atoms with Crippen LogP contribution in [0.5, 0.6) is 11.5 Å². The van der Waals surface area contributed by atoms with Crippen LogP contribution in [0.1, 0.15) is 5.56 Å². The van der Waals surface area contributed by atoms with Crippen molar-refractivity contribution in [2.24, 2.45) is 0 Å². The fourth-order valence-electron chi connectivity index (χ4n) is 7.66. The predicted octanol–water partition coefficient (Wildman–Crippen LogP) is 12.1. The average molecular weight is 669 g/mol. The summed E-state index contributed by atoms with van der Waals surface area (Å²) in [6.07, 6.45) is 3.82. The molecule has 0 saturated heterocycles. The van der Waals surface area contributed by atoms with Gasteiger partial charge in [-0.25, -0.2) is 4.98 Å². The number of hydrogen-bond donors (Lipinski definition) is 0. The fourth-order valence-corrected chi connectivity index (χ4v) is 7.66. The summed E-state index contributed by atoms with van der Waals surface area (Å²) in [5, 5.41) is 4.73. The van der Waals surface area contributed by atoms with E-state index in [1.165, 1.54) is 38.3 Å². The van der Waals surface area contributed by atoms with Crippen LogP contribution in [-0.4, -0.2) is 19.1 Å². The largest absolute Gasteiger partial charge is 0.457 e. The van der Waals surface area contributed by atoms with Gasteiger partial charge in [0.2, 0.25) is 0 Å². The molecule has 6 aromatic carbocycles.